The number of nitrogens with zero attached hydrogens (tertiary/aromatic N) is 1. The second-order valence-electron chi connectivity index (χ2n) is 8.49. The Morgan fingerprint density at radius 2 is 1.37 bits per heavy atom. The first-order chi connectivity index (χ1) is 13.0. The van der Waals surface area contributed by atoms with Crippen molar-refractivity contribution in [1.29, 1.82) is 0 Å². The van der Waals surface area contributed by atoms with Gasteiger partial charge in [-0.25, -0.2) is 0 Å². The van der Waals surface area contributed by atoms with Crippen molar-refractivity contribution in [3.8, 4) is 0 Å². The summed E-state index contributed by atoms with van der Waals surface area (Å²) in [5, 5.41) is 0. The fourth-order valence-electron chi connectivity index (χ4n) is 5.61. The van der Waals surface area contributed by atoms with Crippen LogP contribution >= 0.6 is 0 Å². The number of carbonyl (C=O) groups is 1. The highest BCUT2D eigenvalue weighted by atomic mass is 16.5. The van der Waals surface area contributed by atoms with Crippen LogP contribution < -0.4 is 0 Å². The van der Waals surface area contributed by atoms with E-state index >= 15 is 0 Å². The van der Waals surface area contributed by atoms with E-state index in [2.05, 4.69) is 79.7 Å². The highest BCUT2D eigenvalue weighted by Crippen LogP contribution is 2.60. The highest BCUT2D eigenvalue weighted by Gasteiger charge is 2.57. The standard InChI is InChI=1S/C24H29NO2/c1-17(26)27-22-16-24(25(2)3)14-20(18-10-6-4-7-11-18)23(22)21(15-24)19-12-8-5-9-13-19/h4-13,20-23H,14-16H2,1-3H3/t20-,21-,22?,23?,24?/m0/s1. The van der Waals surface area contributed by atoms with Crippen LogP contribution in [0.25, 0.3) is 0 Å². The van der Waals surface area contributed by atoms with Gasteiger partial charge in [0.15, 0.2) is 0 Å². The molecule has 142 valence electrons. The van der Waals surface area contributed by atoms with Gasteiger partial charge < -0.3 is 9.64 Å². The lowest BCUT2D eigenvalue weighted by atomic mass is 9.52. The second-order valence-corrected chi connectivity index (χ2v) is 8.49. The predicted molar refractivity (Wildman–Crippen MR) is 108 cm³/mol. The van der Waals surface area contributed by atoms with E-state index in [-0.39, 0.29) is 17.6 Å². The minimum absolute atomic E-state index is 0.0391. The van der Waals surface area contributed by atoms with Crippen LogP contribution in [0.4, 0.5) is 0 Å². The lowest BCUT2D eigenvalue weighted by Gasteiger charge is -2.60. The number of fused-ring (bicyclic) bond motifs is 3. The first-order valence-electron chi connectivity index (χ1n) is 9.95. The molecular weight excluding hydrogens is 334 g/mol. The summed E-state index contributed by atoms with van der Waals surface area (Å²) in [6.45, 7) is 1.54. The van der Waals surface area contributed by atoms with Gasteiger partial charge in [0.1, 0.15) is 6.10 Å². The molecule has 0 spiro atoms. The average molecular weight is 364 g/mol. The van der Waals surface area contributed by atoms with Crippen molar-refractivity contribution in [3.05, 3.63) is 71.8 Å². The largest absolute Gasteiger partial charge is 0.462 e. The normalized spacial score (nSPS) is 32.4. The Morgan fingerprint density at radius 3 is 1.78 bits per heavy atom. The molecule has 3 nitrogen and oxygen atoms in total. The summed E-state index contributed by atoms with van der Waals surface area (Å²) in [5.74, 6) is 0.942. The van der Waals surface area contributed by atoms with Gasteiger partial charge in [-0.15, -0.1) is 0 Å². The van der Waals surface area contributed by atoms with Crippen LogP contribution in [0.1, 0.15) is 49.1 Å². The van der Waals surface area contributed by atoms with E-state index < -0.39 is 0 Å². The molecule has 0 N–H and O–H groups in total. The van der Waals surface area contributed by atoms with Gasteiger partial charge in [0, 0.05) is 24.8 Å². The maximum atomic E-state index is 11.9. The number of ether oxygens (including phenoxy) is 1. The van der Waals surface area contributed by atoms with Crippen LogP contribution in [0.3, 0.4) is 0 Å². The molecule has 3 heteroatoms. The van der Waals surface area contributed by atoms with Gasteiger partial charge in [0.2, 0.25) is 0 Å². The molecule has 0 saturated heterocycles. The van der Waals surface area contributed by atoms with Gasteiger partial charge in [-0.2, -0.15) is 0 Å². The van der Waals surface area contributed by atoms with Gasteiger partial charge in [-0.1, -0.05) is 60.7 Å². The Hall–Kier alpha value is -2.13. The third-order valence-electron chi connectivity index (χ3n) is 6.86. The molecule has 0 aliphatic heterocycles. The molecule has 2 bridgehead atoms. The second kappa shape index (κ2) is 7.12. The third-order valence-corrected chi connectivity index (χ3v) is 6.86. The minimum Gasteiger partial charge on any atom is -0.462 e. The van der Waals surface area contributed by atoms with Crippen LogP contribution in [0, 0.1) is 5.92 Å². The van der Waals surface area contributed by atoms with E-state index in [4.69, 9.17) is 4.74 Å². The van der Waals surface area contributed by atoms with E-state index in [0.29, 0.717) is 17.8 Å². The maximum absolute atomic E-state index is 11.9. The first-order valence-corrected chi connectivity index (χ1v) is 9.95. The fourth-order valence-corrected chi connectivity index (χ4v) is 5.61. The summed E-state index contributed by atoms with van der Waals surface area (Å²) in [5.41, 5.74) is 2.79. The van der Waals surface area contributed by atoms with E-state index in [1.807, 2.05) is 0 Å². The summed E-state index contributed by atoms with van der Waals surface area (Å²) < 4.78 is 5.94. The molecule has 3 saturated carbocycles. The molecule has 2 aromatic carbocycles. The Kier molecular flexibility index (Phi) is 4.81. The summed E-state index contributed by atoms with van der Waals surface area (Å²) in [7, 11) is 4.36. The van der Waals surface area contributed by atoms with E-state index in [1.165, 1.54) is 11.1 Å². The summed E-state index contributed by atoms with van der Waals surface area (Å²) in [6, 6.07) is 21.6. The molecule has 2 aromatic rings. The highest BCUT2D eigenvalue weighted by molar-refractivity contribution is 5.66. The number of carbonyl (C=O) groups excluding carboxylic acids is 1. The molecule has 5 rings (SSSR count). The zero-order valence-corrected chi connectivity index (χ0v) is 16.5. The van der Waals surface area contributed by atoms with Crippen LogP contribution in [0.5, 0.6) is 0 Å². The van der Waals surface area contributed by atoms with Gasteiger partial charge in [-0.3, -0.25) is 4.79 Å². The van der Waals surface area contributed by atoms with Crippen molar-refractivity contribution in [1.82, 2.24) is 4.90 Å². The van der Waals surface area contributed by atoms with Crippen molar-refractivity contribution in [2.45, 2.75) is 49.7 Å². The first kappa shape index (κ1) is 18.2. The number of benzene rings is 2. The average Bonchev–Trinajstić information content (AvgIpc) is 2.68. The lowest BCUT2D eigenvalue weighted by molar-refractivity contribution is -0.164. The van der Waals surface area contributed by atoms with Gasteiger partial charge >= 0.3 is 5.97 Å². The monoisotopic (exact) mass is 363 g/mol. The summed E-state index contributed by atoms with van der Waals surface area (Å²) >= 11 is 0. The number of hydrogen-bond donors (Lipinski definition) is 0. The number of rotatable bonds is 4. The number of hydrogen-bond acceptors (Lipinski definition) is 3. The van der Waals surface area contributed by atoms with Crippen LogP contribution in [-0.4, -0.2) is 36.6 Å². The molecule has 0 amide bonds. The smallest absolute Gasteiger partial charge is 0.302 e. The van der Waals surface area contributed by atoms with Crippen LogP contribution in [-0.2, 0) is 9.53 Å². The zero-order chi connectivity index (χ0) is 19.0. The SMILES string of the molecule is CC(=O)OC1CC2(N(C)C)C[C@@H](c3ccccc3)C1[C@H](c1ccccc1)C2. The predicted octanol–water partition coefficient (Wildman–Crippen LogP) is 4.60. The molecule has 3 fully saturated rings. The molecular formula is C24H29NO2. The van der Waals surface area contributed by atoms with E-state index in [0.717, 1.165) is 19.3 Å². The fraction of sp³-hybridized carbons (Fsp3) is 0.458. The molecule has 0 aromatic heterocycles. The third kappa shape index (κ3) is 3.29. The molecule has 0 heterocycles. The molecule has 3 aliphatic carbocycles. The topological polar surface area (TPSA) is 29.5 Å². The minimum atomic E-state index is -0.167. The van der Waals surface area contributed by atoms with Crippen molar-refractivity contribution < 1.29 is 9.53 Å². The quantitative estimate of drug-likeness (QED) is 0.744. The molecule has 3 aliphatic rings. The van der Waals surface area contributed by atoms with Gasteiger partial charge in [0.25, 0.3) is 0 Å². The molecule has 1 unspecified atom stereocenters. The van der Waals surface area contributed by atoms with Crippen LogP contribution in [0.2, 0.25) is 0 Å². The summed E-state index contributed by atoms with van der Waals surface area (Å²) in [6.07, 6.45) is 3.13. The zero-order valence-electron chi connectivity index (χ0n) is 16.5. The van der Waals surface area contributed by atoms with Crippen molar-refractivity contribution >= 4 is 5.97 Å². The lowest BCUT2D eigenvalue weighted by Crippen LogP contribution is -2.61. The van der Waals surface area contributed by atoms with Crippen LogP contribution in [0.15, 0.2) is 60.7 Å². The Labute approximate surface area is 162 Å². The van der Waals surface area contributed by atoms with E-state index in [9.17, 15) is 4.79 Å². The molecule has 0 radical (unpaired) electrons. The van der Waals surface area contributed by atoms with E-state index in [1.54, 1.807) is 6.92 Å². The Balaban J connectivity index is 1.82. The molecule has 27 heavy (non-hydrogen) atoms. The number of esters is 1. The van der Waals surface area contributed by atoms with Gasteiger partial charge in [0.05, 0.1) is 0 Å². The van der Waals surface area contributed by atoms with Crippen molar-refractivity contribution in [2.24, 2.45) is 5.92 Å². The van der Waals surface area contributed by atoms with Gasteiger partial charge in [-0.05, 0) is 49.9 Å². The Morgan fingerprint density at radius 1 is 0.889 bits per heavy atom. The van der Waals surface area contributed by atoms with Crippen molar-refractivity contribution in [3.63, 3.8) is 0 Å². The summed E-state index contributed by atoms with van der Waals surface area (Å²) in [4.78, 5) is 14.3. The molecule has 3 atom stereocenters. The maximum Gasteiger partial charge on any atom is 0.302 e. The Bertz CT molecular complexity index is 737. The van der Waals surface area contributed by atoms with Crippen molar-refractivity contribution in [2.75, 3.05) is 14.1 Å².